The average Bonchev–Trinajstić information content (AvgIpc) is 2.98. The van der Waals surface area contributed by atoms with Crippen LogP contribution in [0.2, 0.25) is 5.02 Å². The van der Waals surface area contributed by atoms with Crippen LogP contribution in [0.5, 0.6) is 0 Å². The van der Waals surface area contributed by atoms with Crippen LogP contribution in [0.25, 0.3) is 6.08 Å². The Morgan fingerprint density at radius 2 is 2.24 bits per heavy atom. The maximum atomic E-state index is 12.4. The Hall–Kier alpha value is -1.85. The van der Waals surface area contributed by atoms with Crippen LogP contribution < -0.4 is 0 Å². The molecule has 0 spiro atoms. The molecular weight excluding hydrogens is 294 g/mol. The minimum absolute atomic E-state index is 0.0860. The van der Waals surface area contributed by atoms with Gasteiger partial charge in [0.1, 0.15) is 0 Å². The minimum atomic E-state index is -1.05. The quantitative estimate of drug-likeness (QED) is 0.867. The molecule has 1 saturated heterocycles. The van der Waals surface area contributed by atoms with Gasteiger partial charge in [-0.3, -0.25) is 4.79 Å². The number of ether oxygens (including phenoxy) is 1. The number of aliphatic carboxylic acids is 1. The van der Waals surface area contributed by atoms with Gasteiger partial charge in [-0.25, -0.2) is 4.79 Å². The third-order valence-corrected chi connectivity index (χ3v) is 3.75. The smallest absolute Gasteiger partial charge is 0.328 e. The second-order valence-corrected chi connectivity index (χ2v) is 5.25. The number of rotatable bonds is 4. The predicted molar refractivity (Wildman–Crippen MR) is 79.4 cm³/mol. The van der Waals surface area contributed by atoms with Crippen molar-refractivity contribution in [2.75, 3.05) is 20.3 Å². The SMILES string of the molecule is CN(C(=O)c1ccc(/C=C/C(=O)O)c(Cl)c1)C1CCOC1. The molecule has 0 aromatic heterocycles. The van der Waals surface area contributed by atoms with Gasteiger partial charge in [0.25, 0.3) is 5.91 Å². The van der Waals surface area contributed by atoms with Crippen molar-refractivity contribution >= 4 is 29.6 Å². The van der Waals surface area contributed by atoms with Crippen molar-refractivity contribution in [3.05, 3.63) is 40.4 Å². The van der Waals surface area contributed by atoms with Crippen molar-refractivity contribution in [2.24, 2.45) is 0 Å². The molecule has 1 atom stereocenters. The van der Waals surface area contributed by atoms with Crippen LogP contribution in [-0.2, 0) is 9.53 Å². The Balaban J connectivity index is 2.15. The fourth-order valence-electron chi connectivity index (χ4n) is 2.15. The summed E-state index contributed by atoms with van der Waals surface area (Å²) in [6.45, 7) is 1.22. The van der Waals surface area contributed by atoms with E-state index in [0.717, 1.165) is 12.5 Å². The summed E-state index contributed by atoms with van der Waals surface area (Å²) in [5, 5.41) is 8.94. The second kappa shape index (κ2) is 6.74. The standard InChI is InChI=1S/C15H16ClNO4/c1-17(12-6-7-21-9-12)15(20)11-3-2-10(13(16)8-11)4-5-14(18)19/h2-5,8,12H,6-7,9H2,1H3,(H,18,19)/b5-4+. The maximum absolute atomic E-state index is 12.4. The monoisotopic (exact) mass is 309 g/mol. The summed E-state index contributed by atoms with van der Waals surface area (Å²) in [4.78, 5) is 24.5. The lowest BCUT2D eigenvalue weighted by Crippen LogP contribution is -2.37. The molecule has 1 heterocycles. The van der Waals surface area contributed by atoms with Crippen LogP contribution in [0.1, 0.15) is 22.3 Å². The molecule has 5 nitrogen and oxygen atoms in total. The lowest BCUT2D eigenvalue weighted by Gasteiger charge is -2.23. The van der Waals surface area contributed by atoms with Crippen LogP contribution in [-0.4, -0.2) is 48.2 Å². The lowest BCUT2D eigenvalue weighted by molar-refractivity contribution is -0.131. The molecule has 1 N–H and O–H groups in total. The zero-order valence-corrected chi connectivity index (χ0v) is 12.3. The number of hydrogen-bond donors (Lipinski definition) is 1. The van der Waals surface area contributed by atoms with Gasteiger partial charge in [-0.05, 0) is 30.2 Å². The normalized spacial score (nSPS) is 18.1. The molecule has 1 aliphatic heterocycles. The largest absolute Gasteiger partial charge is 0.478 e. The number of nitrogens with zero attached hydrogens (tertiary/aromatic N) is 1. The number of benzene rings is 1. The van der Waals surface area contributed by atoms with E-state index in [-0.39, 0.29) is 11.9 Å². The highest BCUT2D eigenvalue weighted by Gasteiger charge is 2.25. The molecule has 0 bridgehead atoms. The highest BCUT2D eigenvalue weighted by atomic mass is 35.5. The molecule has 1 aliphatic rings. The zero-order chi connectivity index (χ0) is 15.4. The van der Waals surface area contributed by atoms with E-state index in [2.05, 4.69) is 0 Å². The first kappa shape index (κ1) is 15.5. The van der Waals surface area contributed by atoms with Crippen molar-refractivity contribution < 1.29 is 19.4 Å². The number of amides is 1. The maximum Gasteiger partial charge on any atom is 0.328 e. The lowest BCUT2D eigenvalue weighted by atomic mass is 10.1. The summed E-state index contributed by atoms with van der Waals surface area (Å²) in [6.07, 6.45) is 3.23. The average molecular weight is 310 g/mol. The van der Waals surface area contributed by atoms with Gasteiger partial charge in [0.05, 0.1) is 12.6 Å². The molecule has 1 aromatic rings. The molecule has 1 unspecified atom stereocenters. The van der Waals surface area contributed by atoms with E-state index < -0.39 is 5.97 Å². The molecule has 1 aromatic carbocycles. The van der Waals surface area contributed by atoms with Gasteiger partial charge in [0, 0.05) is 30.3 Å². The number of hydrogen-bond acceptors (Lipinski definition) is 3. The van der Waals surface area contributed by atoms with Gasteiger partial charge in [0.2, 0.25) is 0 Å². The molecule has 6 heteroatoms. The molecule has 0 saturated carbocycles. The Kier molecular flexibility index (Phi) is 4.98. The second-order valence-electron chi connectivity index (χ2n) is 4.84. The number of carboxylic acid groups (broad SMARTS) is 1. The van der Waals surface area contributed by atoms with Gasteiger partial charge in [0.15, 0.2) is 0 Å². The van der Waals surface area contributed by atoms with Gasteiger partial charge in [-0.15, -0.1) is 0 Å². The van der Waals surface area contributed by atoms with Crippen LogP contribution in [0.4, 0.5) is 0 Å². The van der Waals surface area contributed by atoms with Crippen molar-refractivity contribution in [1.82, 2.24) is 4.90 Å². The van der Waals surface area contributed by atoms with Crippen LogP contribution >= 0.6 is 11.6 Å². The highest BCUT2D eigenvalue weighted by molar-refractivity contribution is 6.32. The topological polar surface area (TPSA) is 66.8 Å². The molecule has 21 heavy (non-hydrogen) atoms. The van der Waals surface area contributed by atoms with E-state index in [1.807, 2.05) is 0 Å². The van der Waals surface area contributed by atoms with E-state index in [0.29, 0.717) is 29.4 Å². The molecule has 2 rings (SSSR count). The summed E-state index contributed by atoms with van der Waals surface area (Å²) in [7, 11) is 1.74. The van der Waals surface area contributed by atoms with Crippen LogP contribution in [0.3, 0.4) is 0 Å². The summed E-state index contributed by atoms with van der Waals surface area (Å²) in [5.41, 5.74) is 1.03. The van der Waals surface area contributed by atoms with Crippen LogP contribution in [0, 0.1) is 0 Å². The van der Waals surface area contributed by atoms with Gasteiger partial charge >= 0.3 is 5.97 Å². The fraction of sp³-hybridized carbons (Fsp3) is 0.333. The zero-order valence-electron chi connectivity index (χ0n) is 11.6. The predicted octanol–water partition coefficient (Wildman–Crippen LogP) is 2.30. The first-order chi connectivity index (χ1) is 9.99. The van der Waals surface area contributed by atoms with E-state index in [1.54, 1.807) is 30.1 Å². The molecule has 112 valence electrons. The molecular formula is C15H16ClNO4. The number of likely N-dealkylation sites (N-methyl/N-ethyl adjacent to an activating group) is 1. The van der Waals surface area contributed by atoms with E-state index in [1.165, 1.54) is 6.08 Å². The van der Waals surface area contributed by atoms with Crippen molar-refractivity contribution in [3.63, 3.8) is 0 Å². The Morgan fingerprint density at radius 1 is 1.48 bits per heavy atom. The van der Waals surface area contributed by atoms with Gasteiger partial charge < -0.3 is 14.7 Å². The van der Waals surface area contributed by atoms with Gasteiger partial charge in [-0.1, -0.05) is 17.7 Å². The number of halogens is 1. The van der Waals surface area contributed by atoms with E-state index in [4.69, 9.17) is 21.4 Å². The van der Waals surface area contributed by atoms with Gasteiger partial charge in [-0.2, -0.15) is 0 Å². The molecule has 0 aliphatic carbocycles. The molecule has 0 radical (unpaired) electrons. The number of carboxylic acids is 1. The third kappa shape index (κ3) is 3.83. The van der Waals surface area contributed by atoms with Crippen molar-refractivity contribution in [3.8, 4) is 0 Å². The Morgan fingerprint density at radius 3 is 2.81 bits per heavy atom. The fourth-order valence-corrected chi connectivity index (χ4v) is 2.40. The first-order valence-corrected chi connectivity index (χ1v) is 6.92. The van der Waals surface area contributed by atoms with Crippen LogP contribution in [0.15, 0.2) is 24.3 Å². The summed E-state index contributed by atoms with van der Waals surface area (Å²) in [5.74, 6) is -1.17. The summed E-state index contributed by atoms with van der Waals surface area (Å²) in [6, 6.07) is 4.91. The number of carbonyl (C=O) groups is 2. The molecule has 1 amide bonds. The Bertz CT molecular complexity index is 579. The minimum Gasteiger partial charge on any atom is -0.478 e. The van der Waals surface area contributed by atoms with Crippen molar-refractivity contribution in [2.45, 2.75) is 12.5 Å². The van der Waals surface area contributed by atoms with E-state index in [9.17, 15) is 9.59 Å². The Labute approximate surface area is 127 Å². The summed E-state index contributed by atoms with van der Waals surface area (Å²) >= 11 is 6.08. The first-order valence-electron chi connectivity index (χ1n) is 6.54. The number of carbonyl (C=O) groups excluding carboxylic acids is 1. The van der Waals surface area contributed by atoms with E-state index >= 15 is 0 Å². The molecule has 1 fully saturated rings. The highest BCUT2D eigenvalue weighted by Crippen LogP contribution is 2.21. The van der Waals surface area contributed by atoms with Crippen molar-refractivity contribution in [1.29, 1.82) is 0 Å². The summed E-state index contributed by atoms with van der Waals surface area (Å²) < 4.78 is 5.28. The third-order valence-electron chi connectivity index (χ3n) is 3.43.